The minimum absolute atomic E-state index is 0.0309. The van der Waals surface area contributed by atoms with E-state index < -0.39 is 0 Å². The Hall–Kier alpha value is -2.42. The number of carbonyl (C=O) groups is 1. The van der Waals surface area contributed by atoms with Crippen molar-refractivity contribution in [3.8, 4) is 0 Å². The number of nitrogens with one attached hydrogen (secondary N) is 1. The van der Waals surface area contributed by atoms with Crippen molar-refractivity contribution in [3.63, 3.8) is 0 Å². The molecular weight excluding hydrogens is 284 g/mol. The third-order valence-electron chi connectivity index (χ3n) is 4.25. The van der Waals surface area contributed by atoms with Gasteiger partial charge in [0.1, 0.15) is 0 Å². The van der Waals surface area contributed by atoms with Gasteiger partial charge in [-0.1, -0.05) is 74.0 Å². The molecule has 23 heavy (non-hydrogen) atoms. The fraction of sp³-hybridized carbons (Fsp3) is 0.300. The van der Waals surface area contributed by atoms with E-state index in [4.69, 9.17) is 0 Å². The van der Waals surface area contributed by atoms with E-state index in [1.807, 2.05) is 48.5 Å². The van der Waals surface area contributed by atoms with Crippen LogP contribution in [0, 0.1) is 5.92 Å². The number of hydrogen-bond donors (Lipinski definition) is 1. The van der Waals surface area contributed by atoms with Crippen molar-refractivity contribution >= 4 is 11.6 Å². The predicted octanol–water partition coefficient (Wildman–Crippen LogP) is 4.11. The molecule has 0 unspecified atom stereocenters. The zero-order valence-electron chi connectivity index (χ0n) is 13.4. The zero-order chi connectivity index (χ0) is 16.1. The van der Waals surface area contributed by atoms with Crippen LogP contribution in [0.25, 0.3) is 0 Å². The Morgan fingerprint density at radius 3 is 2.39 bits per heavy atom. The van der Waals surface area contributed by atoms with Crippen molar-refractivity contribution in [2.75, 3.05) is 0 Å². The third-order valence-corrected chi connectivity index (χ3v) is 4.25. The second-order valence-corrected chi connectivity index (χ2v) is 6.01. The van der Waals surface area contributed by atoms with Gasteiger partial charge in [-0.15, -0.1) is 0 Å². The average Bonchev–Trinajstić information content (AvgIpc) is 3.41. The van der Waals surface area contributed by atoms with E-state index in [0.29, 0.717) is 5.92 Å². The summed E-state index contributed by atoms with van der Waals surface area (Å²) < 4.78 is 0. The molecule has 3 heteroatoms. The second kappa shape index (κ2) is 7.23. The molecule has 0 aliphatic heterocycles. The molecule has 1 N–H and O–H groups in total. The van der Waals surface area contributed by atoms with E-state index in [9.17, 15) is 4.79 Å². The first-order chi connectivity index (χ1) is 11.3. The Kier molecular flexibility index (Phi) is 4.86. The smallest absolute Gasteiger partial charge is 0.243 e. The molecule has 0 radical (unpaired) electrons. The number of amides is 1. The first-order valence-corrected chi connectivity index (χ1v) is 8.26. The lowest BCUT2D eigenvalue weighted by Crippen LogP contribution is -2.22. The van der Waals surface area contributed by atoms with Gasteiger partial charge in [0.15, 0.2) is 0 Å². The molecule has 3 nitrogen and oxygen atoms in total. The fourth-order valence-electron chi connectivity index (χ4n) is 2.89. The average molecular weight is 306 g/mol. The van der Waals surface area contributed by atoms with E-state index in [2.05, 4.69) is 29.6 Å². The van der Waals surface area contributed by atoms with Crippen LogP contribution in [0.2, 0.25) is 0 Å². The van der Waals surface area contributed by atoms with Gasteiger partial charge >= 0.3 is 0 Å². The standard InChI is InChI=1S/C20H22N2O/c1-2-9-19(16-12-7-4-8-13-16)21-22-20(23)18-14-17(18)15-10-5-3-6-11-15/h3-8,10-13,17-18H,2,9,14H2,1H3,(H,22,23)/t17-,18-/m1/s1. The highest BCUT2D eigenvalue weighted by Crippen LogP contribution is 2.47. The summed E-state index contributed by atoms with van der Waals surface area (Å²) in [4.78, 5) is 12.3. The highest BCUT2D eigenvalue weighted by molar-refractivity contribution is 6.01. The third kappa shape index (κ3) is 3.86. The Morgan fingerprint density at radius 1 is 1.09 bits per heavy atom. The quantitative estimate of drug-likeness (QED) is 0.633. The molecule has 0 spiro atoms. The number of carbonyl (C=O) groups excluding carboxylic acids is 1. The van der Waals surface area contributed by atoms with Gasteiger partial charge in [0.25, 0.3) is 0 Å². The topological polar surface area (TPSA) is 41.5 Å². The Balaban J connectivity index is 1.63. The van der Waals surface area contributed by atoms with Gasteiger partial charge in [-0.05, 0) is 29.9 Å². The summed E-state index contributed by atoms with van der Waals surface area (Å²) in [5, 5.41) is 4.39. The highest BCUT2D eigenvalue weighted by atomic mass is 16.2. The summed E-state index contributed by atoms with van der Waals surface area (Å²) in [6, 6.07) is 20.3. The maximum atomic E-state index is 12.3. The van der Waals surface area contributed by atoms with Crippen molar-refractivity contribution < 1.29 is 4.79 Å². The van der Waals surface area contributed by atoms with Crippen LogP contribution in [0.5, 0.6) is 0 Å². The summed E-state index contributed by atoms with van der Waals surface area (Å²) in [6.45, 7) is 2.12. The van der Waals surface area contributed by atoms with Gasteiger partial charge < -0.3 is 0 Å². The molecule has 1 fully saturated rings. The van der Waals surface area contributed by atoms with Gasteiger partial charge in [0.2, 0.25) is 5.91 Å². The van der Waals surface area contributed by atoms with Crippen molar-refractivity contribution in [2.45, 2.75) is 32.1 Å². The number of rotatable bonds is 6. The molecule has 1 saturated carbocycles. The molecule has 0 aromatic heterocycles. The van der Waals surface area contributed by atoms with Gasteiger partial charge in [0.05, 0.1) is 5.71 Å². The van der Waals surface area contributed by atoms with Gasteiger partial charge in [-0.2, -0.15) is 5.10 Å². The van der Waals surface area contributed by atoms with Crippen molar-refractivity contribution in [2.24, 2.45) is 11.0 Å². The van der Waals surface area contributed by atoms with Crippen LogP contribution in [0.4, 0.5) is 0 Å². The molecule has 2 aromatic carbocycles. The maximum absolute atomic E-state index is 12.3. The first kappa shape index (κ1) is 15.5. The minimum Gasteiger partial charge on any atom is -0.273 e. The van der Waals surface area contributed by atoms with Crippen molar-refractivity contribution in [1.29, 1.82) is 0 Å². The molecule has 1 amide bonds. The number of benzene rings is 2. The normalized spacial score (nSPS) is 20.1. The molecule has 2 aromatic rings. The first-order valence-electron chi connectivity index (χ1n) is 8.26. The maximum Gasteiger partial charge on any atom is 0.243 e. The van der Waals surface area contributed by atoms with Crippen LogP contribution in [0.3, 0.4) is 0 Å². The fourth-order valence-corrected chi connectivity index (χ4v) is 2.89. The molecule has 3 rings (SSSR count). The monoisotopic (exact) mass is 306 g/mol. The van der Waals surface area contributed by atoms with Gasteiger partial charge in [-0.3, -0.25) is 4.79 Å². The van der Waals surface area contributed by atoms with Crippen LogP contribution in [-0.4, -0.2) is 11.6 Å². The van der Waals surface area contributed by atoms with Crippen LogP contribution >= 0.6 is 0 Å². The van der Waals surface area contributed by atoms with E-state index in [-0.39, 0.29) is 11.8 Å². The van der Waals surface area contributed by atoms with Gasteiger partial charge in [-0.25, -0.2) is 5.43 Å². The molecule has 118 valence electrons. The summed E-state index contributed by atoms with van der Waals surface area (Å²) in [7, 11) is 0. The van der Waals surface area contributed by atoms with E-state index in [1.165, 1.54) is 5.56 Å². The molecule has 0 saturated heterocycles. The van der Waals surface area contributed by atoms with E-state index >= 15 is 0 Å². The number of hydrazone groups is 1. The second-order valence-electron chi connectivity index (χ2n) is 6.01. The molecule has 1 aliphatic rings. The lowest BCUT2D eigenvalue weighted by molar-refractivity contribution is -0.122. The van der Waals surface area contributed by atoms with E-state index in [0.717, 1.165) is 30.5 Å². The number of nitrogens with zero attached hydrogens (tertiary/aromatic N) is 1. The lowest BCUT2D eigenvalue weighted by atomic mass is 10.1. The molecule has 1 aliphatic carbocycles. The lowest BCUT2D eigenvalue weighted by Gasteiger charge is -2.06. The molecular formula is C20H22N2O. The largest absolute Gasteiger partial charge is 0.273 e. The highest BCUT2D eigenvalue weighted by Gasteiger charge is 2.43. The summed E-state index contributed by atoms with van der Waals surface area (Å²) >= 11 is 0. The Morgan fingerprint density at radius 2 is 1.74 bits per heavy atom. The van der Waals surface area contributed by atoms with Gasteiger partial charge in [0, 0.05) is 5.92 Å². The summed E-state index contributed by atoms with van der Waals surface area (Å²) in [6.07, 6.45) is 2.77. The summed E-state index contributed by atoms with van der Waals surface area (Å²) in [5.41, 5.74) is 6.04. The van der Waals surface area contributed by atoms with Crippen molar-refractivity contribution in [3.05, 3.63) is 71.8 Å². The molecule has 2 atom stereocenters. The van der Waals surface area contributed by atoms with Crippen LogP contribution in [0.1, 0.15) is 43.2 Å². The van der Waals surface area contributed by atoms with Crippen molar-refractivity contribution in [1.82, 2.24) is 5.43 Å². The molecule has 0 heterocycles. The van der Waals surface area contributed by atoms with Crippen LogP contribution < -0.4 is 5.43 Å². The van der Waals surface area contributed by atoms with Crippen LogP contribution in [0.15, 0.2) is 65.8 Å². The Labute approximate surface area is 137 Å². The number of hydrogen-bond acceptors (Lipinski definition) is 2. The van der Waals surface area contributed by atoms with Crippen LogP contribution in [-0.2, 0) is 4.79 Å². The SMILES string of the molecule is CCCC(=NNC(=O)[C@@H]1C[C@@H]1c1ccccc1)c1ccccc1. The Bertz CT molecular complexity index is 679. The van der Waals surface area contributed by atoms with E-state index in [1.54, 1.807) is 0 Å². The minimum atomic E-state index is 0.0309. The molecule has 0 bridgehead atoms. The predicted molar refractivity (Wildman–Crippen MR) is 93.3 cm³/mol. The summed E-state index contributed by atoms with van der Waals surface area (Å²) in [5.74, 6) is 0.431. The zero-order valence-corrected chi connectivity index (χ0v) is 13.4.